The predicted octanol–water partition coefficient (Wildman–Crippen LogP) is 4.31. The molecule has 3 nitrogen and oxygen atoms in total. The zero-order valence-corrected chi connectivity index (χ0v) is 14.7. The second kappa shape index (κ2) is 17.0. The molecule has 22 heavy (non-hydrogen) atoms. The highest BCUT2D eigenvalue weighted by atomic mass is 16.3. The van der Waals surface area contributed by atoms with E-state index >= 15 is 0 Å². The Labute approximate surface area is 138 Å². The van der Waals surface area contributed by atoms with E-state index in [1.165, 1.54) is 77.0 Å². The van der Waals surface area contributed by atoms with Crippen molar-refractivity contribution in [3.05, 3.63) is 12.2 Å². The van der Waals surface area contributed by atoms with Crippen LogP contribution >= 0.6 is 0 Å². The highest BCUT2D eigenvalue weighted by Crippen LogP contribution is 2.12. The third kappa shape index (κ3) is 14.6. The van der Waals surface area contributed by atoms with E-state index in [0.29, 0.717) is 0 Å². The van der Waals surface area contributed by atoms with Gasteiger partial charge in [0.2, 0.25) is 0 Å². The van der Waals surface area contributed by atoms with Gasteiger partial charge in [0.1, 0.15) is 0 Å². The molecule has 0 rings (SSSR count). The lowest BCUT2D eigenvalue weighted by atomic mass is 10.0. The quantitative estimate of drug-likeness (QED) is 0.294. The molecule has 0 aliphatic carbocycles. The van der Waals surface area contributed by atoms with Crippen molar-refractivity contribution in [2.75, 3.05) is 6.61 Å². The van der Waals surface area contributed by atoms with Crippen LogP contribution in [-0.4, -0.2) is 29.0 Å². The van der Waals surface area contributed by atoms with Gasteiger partial charge < -0.3 is 15.9 Å². The van der Waals surface area contributed by atoms with E-state index in [9.17, 15) is 5.11 Å². The normalized spacial score (nSPS) is 14.5. The van der Waals surface area contributed by atoms with Gasteiger partial charge in [0.05, 0.1) is 18.8 Å². The van der Waals surface area contributed by atoms with Crippen molar-refractivity contribution in [1.82, 2.24) is 0 Å². The Balaban J connectivity index is 3.19. The summed E-state index contributed by atoms with van der Waals surface area (Å²) < 4.78 is 0. The third-order valence-corrected chi connectivity index (χ3v) is 4.21. The Morgan fingerprint density at radius 3 is 1.73 bits per heavy atom. The van der Waals surface area contributed by atoms with Gasteiger partial charge in [-0.25, -0.2) is 0 Å². The first-order valence-electron chi connectivity index (χ1n) is 9.43. The van der Waals surface area contributed by atoms with Gasteiger partial charge in [-0.05, 0) is 12.8 Å². The molecule has 0 aliphatic heterocycles. The van der Waals surface area contributed by atoms with Crippen molar-refractivity contribution in [1.29, 1.82) is 0 Å². The smallest absolute Gasteiger partial charge is 0.0894 e. The number of aliphatic hydroxyl groups is 2. The molecule has 0 saturated carbocycles. The maximum atomic E-state index is 9.54. The minimum Gasteiger partial charge on any atom is -0.395 e. The Bertz CT molecular complexity index is 244. The van der Waals surface area contributed by atoms with Gasteiger partial charge in [-0.3, -0.25) is 0 Å². The Morgan fingerprint density at radius 2 is 1.27 bits per heavy atom. The fraction of sp³-hybridized carbons (Fsp3) is 0.895. The molecule has 0 aromatic carbocycles. The predicted molar refractivity (Wildman–Crippen MR) is 95.9 cm³/mol. The molecule has 0 aromatic heterocycles. The van der Waals surface area contributed by atoms with Crippen LogP contribution in [0.25, 0.3) is 0 Å². The largest absolute Gasteiger partial charge is 0.395 e. The fourth-order valence-electron chi connectivity index (χ4n) is 2.59. The first kappa shape index (κ1) is 21.6. The summed E-state index contributed by atoms with van der Waals surface area (Å²) in [6, 6.07) is -0.557. The van der Waals surface area contributed by atoms with Gasteiger partial charge in [-0.1, -0.05) is 89.7 Å². The van der Waals surface area contributed by atoms with E-state index in [-0.39, 0.29) is 6.61 Å². The number of rotatable bonds is 16. The molecule has 0 spiro atoms. The van der Waals surface area contributed by atoms with Crippen molar-refractivity contribution in [2.24, 2.45) is 5.73 Å². The summed E-state index contributed by atoms with van der Waals surface area (Å²) >= 11 is 0. The molecule has 4 N–H and O–H groups in total. The lowest BCUT2D eigenvalue weighted by molar-refractivity contribution is 0.144. The van der Waals surface area contributed by atoms with E-state index < -0.39 is 12.1 Å². The van der Waals surface area contributed by atoms with Gasteiger partial charge in [0, 0.05) is 0 Å². The van der Waals surface area contributed by atoms with Crippen LogP contribution in [0.1, 0.15) is 90.4 Å². The van der Waals surface area contributed by atoms with Crippen LogP contribution in [0.4, 0.5) is 0 Å². The van der Waals surface area contributed by atoms with Crippen LogP contribution in [0.5, 0.6) is 0 Å². The highest BCUT2D eigenvalue weighted by Gasteiger charge is 2.08. The van der Waals surface area contributed by atoms with Crippen LogP contribution in [0.15, 0.2) is 12.2 Å². The summed E-state index contributed by atoms with van der Waals surface area (Å²) in [5.41, 5.74) is 5.52. The van der Waals surface area contributed by atoms with E-state index in [4.69, 9.17) is 10.8 Å². The molecule has 0 aromatic rings. The second-order valence-corrected chi connectivity index (χ2v) is 6.44. The third-order valence-electron chi connectivity index (χ3n) is 4.21. The molecule has 0 unspecified atom stereocenters. The van der Waals surface area contributed by atoms with Crippen LogP contribution in [0.3, 0.4) is 0 Å². The molecule has 0 radical (unpaired) electrons. The Kier molecular flexibility index (Phi) is 16.7. The van der Waals surface area contributed by atoms with Crippen LogP contribution < -0.4 is 5.73 Å². The van der Waals surface area contributed by atoms with Crippen molar-refractivity contribution in [3.8, 4) is 0 Å². The van der Waals surface area contributed by atoms with Crippen molar-refractivity contribution < 1.29 is 10.2 Å². The minimum absolute atomic E-state index is 0.176. The molecular weight excluding hydrogens is 274 g/mol. The number of aliphatic hydroxyl groups excluding tert-OH is 2. The number of unbranched alkanes of at least 4 members (excludes halogenated alkanes) is 12. The van der Waals surface area contributed by atoms with Crippen LogP contribution in [0.2, 0.25) is 0 Å². The first-order chi connectivity index (χ1) is 10.7. The maximum Gasteiger partial charge on any atom is 0.0894 e. The molecular formula is C19H39NO2. The van der Waals surface area contributed by atoms with E-state index in [0.717, 1.165) is 6.42 Å². The average molecular weight is 314 g/mol. The van der Waals surface area contributed by atoms with Gasteiger partial charge >= 0.3 is 0 Å². The van der Waals surface area contributed by atoms with Gasteiger partial charge in [0.25, 0.3) is 0 Å². The summed E-state index contributed by atoms with van der Waals surface area (Å²) in [4.78, 5) is 0. The van der Waals surface area contributed by atoms with Crippen molar-refractivity contribution >= 4 is 0 Å². The molecule has 2 atom stereocenters. The van der Waals surface area contributed by atoms with Crippen molar-refractivity contribution in [2.45, 2.75) is 103 Å². The second-order valence-electron chi connectivity index (χ2n) is 6.44. The SMILES string of the molecule is CCCCCCCCCCCCCC/C=C/[C@@H](O)[C@@H](N)CO. The summed E-state index contributed by atoms with van der Waals surface area (Å²) in [7, 11) is 0. The molecule has 0 heterocycles. The maximum absolute atomic E-state index is 9.54. The summed E-state index contributed by atoms with van der Waals surface area (Å²) in [5, 5.41) is 18.3. The van der Waals surface area contributed by atoms with E-state index in [2.05, 4.69) is 6.92 Å². The molecule has 0 bridgehead atoms. The summed E-state index contributed by atoms with van der Waals surface area (Å²) in [5.74, 6) is 0. The number of allylic oxidation sites excluding steroid dienone is 1. The van der Waals surface area contributed by atoms with Gasteiger partial charge in [-0.15, -0.1) is 0 Å². The lowest BCUT2D eigenvalue weighted by Crippen LogP contribution is -2.36. The van der Waals surface area contributed by atoms with E-state index in [1.54, 1.807) is 6.08 Å². The Hall–Kier alpha value is -0.380. The van der Waals surface area contributed by atoms with Gasteiger partial charge in [-0.2, -0.15) is 0 Å². The minimum atomic E-state index is -0.720. The van der Waals surface area contributed by atoms with Gasteiger partial charge in [0.15, 0.2) is 0 Å². The number of hydrogen-bond donors (Lipinski definition) is 3. The number of hydrogen-bond acceptors (Lipinski definition) is 3. The molecule has 0 aliphatic rings. The molecule has 0 amide bonds. The molecule has 0 fully saturated rings. The fourth-order valence-corrected chi connectivity index (χ4v) is 2.59. The average Bonchev–Trinajstić information content (AvgIpc) is 2.54. The Morgan fingerprint density at radius 1 is 0.818 bits per heavy atom. The van der Waals surface area contributed by atoms with Crippen LogP contribution in [0, 0.1) is 0 Å². The number of nitrogens with two attached hydrogens (primary N) is 1. The monoisotopic (exact) mass is 313 g/mol. The zero-order chi connectivity index (χ0) is 16.5. The highest BCUT2D eigenvalue weighted by molar-refractivity contribution is 4.93. The first-order valence-corrected chi connectivity index (χ1v) is 9.43. The topological polar surface area (TPSA) is 66.5 Å². The summed E-state index contributed by atoms with van der Waals surface area (Å²) in [6.07, 6.45) is 20.3. The molecule has 3 heteroatoms. The zero-order valence-electron chi connectivity index (χ0n) is 14.7. The van der Waals surface area contributed by atoms with Crippen LogP contribution in [-0.2, 0) is 0 Å². The summed E-state index contributed by atoms with van der Waals surface area (Å²) in [6.45, 7) is 2.09. The molecule has 132 valence electrons. The standard InChI is InChI=1S/C19H39NO2/c1-2-3-4-5-6-7-8-9-10-11-12-13-14-15-16-19(22)18(20)17-21/h15-16,18-19,21-22H,2-14,17,20H2,1H3/b16-15+/t18-,19+/m0/s1. The lowest BCUT2D eigenvalue weighted by Gasteiger charge is -2.11. The van der Waals surface area contributed by atoms with E-state index in [1.807, 2.05) is 6.08 Å². The van der Waals surface area contributed by atoms with Crippen molar-refractivity contribution in [3.63, 3.8) is 0 Å². The molecule has 0 saturated heterocycles.